The second-order valence-electron chi connectivity index (χ2n) is 6.18. The Kier molecular flexibility index (Phi) is 3.34. The Morgan fingerprint density at radius 2 is 2.05 bits per heavy atom. The predicted octanol–water partition coefficient (Wildman–Crippen LogP) is 2.86. The highest BCUT2D eigenvalue weighted by Gasteiger charge is 2.50. The molecule has 0 bridgehead atoms. The molecule has 3 N–H and O–H groups in total. The van der Waals surface area contributed by atoms with Crippen LogP contribution in [0.25, 0.3) is 0 Å². The van der Waals surface area contributed by atoms with Gasteiger partial charge in [-0.15, -0.1) is 0 Å². The summed E-state index contributed by atoms with van der Waals surface area (Å²) in [5.41, 5.74) is 8.00. The van der Waals surface area contributed by atoms with Gasteiger partial charge in [-0.05, 0) is 39.3 Å². The van der Waals surface area contributed by atoms with Gasteiger partial charge in [-0.25, -0.2) is 9.28 Å². The van der Waals surface area contributed by atoms with Crippen molar-refractivity contribution in [3.8, 4) is 0 Å². The molecule has 0 aromatic heterocycles. The van der Waals surface area contributed by atoms with Gasteiger partial charge >= 0.3 is 11.9 Å². The maximum atomic E-state index is 11.1. The summed E-state index contributed by atoms with van der Waals surface area (Å²) in [5.74, 6) is -0.408. The monoisotopic (exact) mass is 276 g/mol. The van der Waals surface area contributed by atoms with Crippen molar-refractivity contribution in [3.63, 3.8) is 0 Å². The van der Waals surface area contributed by atoms with Crippen molar-refractivity contribution in [2.75, 3.05) is 6.54 Å². The number of rotatable bonds is 3. The van der Waals surface area contributed by atoms with Gasteiger partial charge in [0.2, 0.25) is 0 Å². The lowest BCUT2D eigenvalue weighted by Crippen LogP contribution is -2.66. The van der Waals surface area contributed by atoms with Crippen LogP contribution < -0.4 is 10.2 Å². The second kappa shape index (κ2) is 4.59. The standard InChI is InChI=1S/C15H21N3O2/c1-5-8-18(15(2,3)4)12-7-6-10(13(19)20)9-11(12)17-14(18)16/h6-7,9H,5,8H2,1-4H3,(H2-,16,17,19,20)/p+1. The number of nitrogens with zero attached hydrogens (tertiary/aromatic N) is 2. The first-order chi connectivity index (χ1) is 9.24. The van der Waals surface area contributed by atoms with E-state index in [2.05, 4.69) is 32.7 Å². The van der Waals surface area contributed by atoms with Crippen molar-refractivity contribution in [3.05, 3.63) is 23.8 Å². The van der Waals surface area contributed by atoms with Crippen molar-refractivity contribution in [1.82, 2.24) is 4.48 Å². The van der Waals surface area contributed by atoms with Gasteiger partial charge in [0, 0.05) is 6.07 Å². The summed E-state index contributed by atoms with van der Waals surface area (Å²) in [7, 11) is 0. The lowest BCUT2D eigenvalue weighted by atomic mass is 9.98. The van der Waals surface area contributed by atoms with Crippen LogP contribution in [0, 0.1) is 0 Å². The highest BCUT2D eigenvalue weighted by Crippen LogP contribution is 2.45. The van der Waals surface area contributed by atoms with Gasteiger partial charge < -0.3 is 10.8 Å². The van der Waals surface area contributed by atoms with E-state index < -0.39 is 5.97 Å². The molecule has 1 aromatic rings. The Labute approximate surface area is 119 Å². The number of aromatic carboxylic acids is 1. The maximum Gasteiger partial charge on any atom is 0.335 e. The zero-order valence-corrected chi connectivity index (χ0v) is 12.5. The Hall–Kier alpha value is -1.88. The van der Waals surface area contributed by atoms with Crippen LogP contribution in [0.2, 0.25) is 0 Å². The normalized spacial score (nSPS) is 21.5. The van der Waals surface area contributed by atoms with Crippen molar-refractivity contribution in [2.24, 2.45) is 10.7 Å². The van der Waals surface area contributed by atoms with Crippen LogP contribution in [0.15, 0.2) is 23.2 Å². The molecule has 108 valence electrons. The molecule has 0 fully saturated rings. The number of hydrogen-bond acceptors (Lipinski definition) is 3. The number of carbonyl (C=O) groups is 1. The minimum Gasteiger partial charge on any atom is -0.478 e. The van der Waals surface area contributed by atoms with E-state index in [1.54, 1.807) is 12.1 Å². The molecule has 1 heterocycles. The third-order valence-corrected chi connectivity index (χ3v) is 3.96. The summed E-state index contributed by atoms with van der Waals surface area (Å²) >= 11 is 0. The third-order valence-electron chi connectivity index (χ3n) is 3.96. The van der Waals surface area contributed by atoms with E-state index in [0.29, 0.717) is 16.1 Å². The largest absolute Gasteiger partial charge is 0.478 e. The van der Waals surface area contributed by atoms with Crippen LogP contribution >= 0.6 is 0 Å². The smallest absolute Gasteiger partial charge is 0.335 e. The number of fused-ring (bicyclic) bond motifs is 1. The average Bonchev–Trinajstić information content (AvgIpc) is 2.62. The van der Waals surface area contributed by atoms with Crippen LogP contribution in [-0.4, -0.2) is 29.1 Å². The van der Waals surface area contributed by atoms with Crippen molar-refractivity contribution in [2.45, 2.75) is 39.7 Å². The molecule has 1 unspecified atom stereocenters. The fraction of sp³-hybridized carbons (Fsp3) is 0.467. The Balaban J connectivity index is 2.66. The van der Waals surface area contributed by atoms with E-state index in [1.165, 1.54) is 0 Å². The summed E-state index contributed by atoms with van der Waals surface area (Å²) in [6.07, 6.45) is 0.966. The first kappa shape index (κ1) is 14.5. The van der Waals surface area contributed by atoms with Crippen LogP contribution in [0.1, 0.15) is 44.5 Å². The third kappa shape index (κ3) is 1.89. The summed E-state index contributed by atoms with van der Waals surface area (Å²) in [5, 5.41) is 9.09. The molecule has 1 atom stereocenters. The van der Waals surface area contributed by atoms with Crippen LogP contribution in [-0.2, 0) is 0 Å². The van der Waals surface area contributed by atoms with Gasteiger partial charge in [-0.3, -0.25) is 0 Å². The first-order valence-corrected chi connectivity index (χ1v) is 6.85. The van der Waals surface area contributed by atoms with Crippen LogP contribution in [0.3, 0.4) is 0 Å². The molecule has 1 aromatic carbocycles. The van der Waals surface area contributed by atoms with E-state index in [-0.39, 0.29) is 11.1 Å². The fourth-order valence-corrected chi connectivity index (χ4v) is 3.01. The molecule has 1 aliphatic rings. The van der Waals surface area contributed by atoms with Crippen molar-refractivity contribution in [1.29, 1.82) is 0 Å². The molecule has 0 saturated heterocycles. The fourth-order valence-electron chi connectivity index (χ4n) is 3.01. The zero-order chi connectivity index (χ0) is 15.1. The SMILES string of the molecule is CCC[N+]1(C(C)(C)C)C(N)=Nc2cc(C(=O)O)ccc21. The molecule has 5 heteroatoms. The van der Waals surface area contributed by atoms with E-state index in [1.807, 2.05) is 6.07 Å². The summed E-state index contributed by atoms with van der Waals surface area (Å²) in [6, 6.07) is 5.08. The van der Waals surface area contributed by atoms with Crippen molar-refractivity contribution >= 4 is 23.3 Å². The molecule has 5 nitrogen and oxygen atoms in total. The van der Waals surface area contributed by atoms with Gasteiger partial charge in [-0.1, -0.05) is 6.92 Å². The first-order valence-electron chi connectivity index (χ1n) is 6.85. The van der Waals surface area contributed by atoms with Gasteiger partial charge in [0.05, 0.1) is 12.1 Å². The molecular formula is C15H22N3O2+. The van der Waals surface area contributed by atoms with Gasteiger partial charge in [-0.2, -0.15) is 4.99 Å². The minimum atomic E-state index is -0.946. The number of guanidine groups is 1. The number of hydrogen-bond donors (Lipinski definition) is 2. The maximum absolute atomic E-state index is 11.1. The topological polar surface area (TPSA) is 75.7 Å². The van der Waals surface area contributed by atoms with E-state index in [4.69, 9.17) is 10.8 Å². The number of nitrogens with two attached hydrogens (primary N) is 1. The van der Waals surface area contributed by atoms with E-state index in [0.717, 1.165) is 18.7 Å². The summed E-state index contributed by atoms with van der Waals surface area (Å²) in [4.78, 5) is 15.5. The number of carboxylic acid groups (broad SMARTS) is 1. The molecular weight excluding hydrogens is 254 g/mol. The molecule has 1 aliphatic heterocycles. The van der Waals surface area contributed by atoms with Crippen LogP contribution in [0.5, 0.6) is 0 Å². The average molecular weight is 276 g/mol. The second-order valence-corrected chi connectivity index (χ2v) is 6.18. The lowest BCUT2D eigenvalue weighted by molar-refractivity contribution is 0.0697. The highest BCUT2D eigenvalue weighted by molar-refractivity contribution is 6.02. The van der Waals surface area contributed by atoms with Crippen LogP contribution in [0.4, 0.5) is 11.4 Å². The number of benzene rings is 1. The lowest BCUT2D eigenvalue weighted by Gasteiger charge is -2.44. The molecule has 0 radical (unpaired) electrons. The number of aliphatic imine (C=N–C) groups is 1. The number of carboxylic acids is 1. The van der Waals surface area contributed by atoms with Gasteiger partial charge in [0.1, 0.15) is 11.2 Å². The highest BCUT2D eigenvalue weighted by atomic mass is 16.4. The predicted molar refractivity (Wildman–Crippen MR) is 81.4 cm³/mol. The molecule has 2 rings (SSSR count). The quantitative estimate of drug-likeness (QED) is 0.833. The van der Waals surface area contributed by atoms with E-state index >= 15 is 0 Å². The number of quaternary nitrogens is 1. The summed E-state index contributed by atoms with van der Waals surface area (Å²) < 4.78 is 0.485. The molecule has 0 spiro atoms. The van der Waals surface area contributed by atoms with Gasteiger partial charge in [0.15, 0.2) is 5.69 Å². The molecule has 0 amide bonds. The minimum absolute atomic E-state index is 0.139. The molecule has 0 aliphatic carbocycles. The molecule has 0 saturated carbocycles. The Morgan fingerprint density at radius 1 is 1.40 bits per heavy atom. The van der Waals surface area contributed by atoms with E-state index in [9.17, 15) is 4.79 Å². The Bertz CT molecular complexity index is 587. The molecule has 20 heavy (non-hydrogen) atoms. The van der Waals surface area contributed by atoms with Crippen molar-refractivity contribution < 1.29 is 9.90 Å². The Morgan fingerprint density at radius 3 is 2.55 bits per heavy atom. The summed E-state index contributed by atoms with van der Waals surface area (Å²) in [6.45, 7) is 9.35. The zero-order valence-electron chi connectivity index (χ0n) is 12.5. The van der Waals surface area contributed by atoms with Gasteiger partial charge in [0.25, 0.3) is 0 Å².